The third kappa shape index (κ3) is 2.38. The van der Waals surface area contributed by atoms with Gasteiger partial charge in [0.15, 0.2) is 5.16 Å². The van der Waals surface area contributed by atoms with Crippen LogP contribution in [0.5, 0.6) is 0 Å². The zero-order chi connectivity index (χ0) is 9.97. The summed E-state index contributed by atoms with van der Waals surface area (Å²) in [6.45, 7) is 2.94. The van der Waals surface area contributed by atoms with Crippen LogP contribution in [0.4, 0.5) is 0 Å². The fourth-order valence-electron chi connectivity index (χ4n) is 1.25. The molecule has 0 N–H and O–H groups in total. The normalized spacial score (nSPS) is 15.8. The van der Waals surface area contributed by atoms with E-state index in [9.17, 15) is 4.79 Å². The molecule has 1 aromatic heterocycles. The van der Waals surface area contributed by atoms with Gasteiger partial charge in [-0.05, 0) is 25.7 Å². The first kappa shape index (κ1) is 9.77. The number of aromatic nitrogens is 2. The molecule has 0 unspecified atom stereocenters. The molecule has 0 aromatic carbocycles. The SMILES string of the molecule is CCn1ccc(=O)nc1SCC1CC1. The second-order valence-electron chi connectivity index (χ2n) is 3.59. The van der Waals surface area contributed by atoms with E-state index in [-0.39, 0.29) is 5.56 Å². The molecule has 14 heavy (non-hydrogen) atoms. The first-order valence-corrected chi connectivity index (χ1v) is 5.98. The van der Waals surface area contributed by atoms with Crippen molar-refractivity contribution in [3.63, 3.8) is 0 Å². The van der Waals surface area contributed by atoms with Gasteiger partial charge >= 0.3 is 0 Å². The summed E-state index contributed by atoms with van der Waals surface area (Å²) in [7, 11) is 0. The van der Waals surface area contributed by atoms with Crippen LogP contribution < -0.4 is 5.56 Å². The second-order valence-corrected chi connectivity index (χ2v) is 4.58. The minimum absolute atomic E-state index is 0.131. The molecule has 1 aromatic rings. The van der Waals surface area contributed by atoms with Gasteiger partial charge in [0.05, 0.1) is 0 Å². The molecule has 76 valence electrons. The first-order valence-electron chi connectivity index (χ1n) is 5.00. The average Bonchev–Trinajstić information content (AvgIpc) is 2.98. The van der Waals surface area contributed by atoms with Crippen LogP contribution in [-0.4, -0.2) is 15.3 Å². The number of hydrogen-bond acceptors (Lipinski definition) is 3. The van der Waals surface area contributed by atoms with Gasteiger partial charge in [-0.3, -0.25) is 4.79 Å². The number of aryl methyl sites for hydroxylation is 1. The molecule has 0 radical (unpaired) electrons. The number of thioether (sulfide) groups is 1. The third-order valence-electron chi connectivity index (χ3n) is 2.33. The molecular weight excluding hydrogens is 196 g/mol. The average molecular weight is 210 g/mol. The summed E-state index contributed by atoms with van der Waals surface area (Å²) < 4.78 is 2.02. The van der Waals surface area contributed by atoms with Crippen LogP contribution in [0, 0.1) is 5.92 Å². The molecule has 0 spiro atoms. The van der Waals surface area contributed by atoms with Crippen LogP contribution >= 0.6 is 11.8 Å². The molecule has 1 aliphatic carbocycles. The molecule has 1 saturated carbocycles. The molecule has 0 atom stereocenters. The largest absolute Gasteiger partial charge is 0.328 e. The van der Waals surface area contributed by atoms with E-state index >= 15 is 0 Å². The molecule has 1 heterocycles. The van der Waals surface area contributed by atoms with Crippen molar-refractivity contribution in [3.05, 3.63) is 22.6 Å². The van der Waals surface area contributed by atoms with Crippen LogP contribution in [0.15, 0.2) is 22.2 Å². The van der Waals surface area contributed by atoms with Crippen LogP contribution in [0.3, 0.4) is 0 Å². The second kappa shape index (κ2) is 4.17. The smallest absolute Gasteiger partial charge is 0.273 e. The van der Waals surface area contributed by atoms with Crippen molar-refractivity contribution >= 4 is 11.8 Å². The minimum atomic E-state index is -0.131. The Morgan fingerprint density at radius 1 is 1.64 bits per heavy atom. The standard InChI is InChI=1S/C10H14N2OS/c1-2-12-6-5-9(13)11-10(12)14-7-8-3-4-8/h5-6,8H,2-4,7H2,1H3. The summed E-state index contributed by atoms with van der Waals surface area (Å²) in [5.41, 5.74) is -0.131. The van der Waals surface area contributed by atoms with Gasteiger partial charge in [-0.2, -0.15) is 4.98 Å². The zero-order valence-corrected chi connectivity index (χ0v) is 9.09. The summed E-state index contributed by atoms with van der Waals surface area (Å²) in [4.78, 5) is 15.1. The van der Waals surface area contributed by atoms with Gasteiger partial charge in [-0.15, -0.1) is 0 Å². The maximum Gasteiger partial charge on any atom is 0.273 e. The predicted octanol–water partition coefficient (Wildman–Crippen LogP) is 1.77. The van der Waals surface area contributed by atoms with E-state index in [1.165, 1.54) is 18.9 Å². The molecule has 0 bridgehead atoms. The van der Waals surface area contributed by atoms with Gasteiger partial charge in [-0.1, -0.05) is 11.8 Å². The Labute approximate surface area is 87.5 Å². The summed E-state index contributed by atoms with van der Waals surface area (Å²) in [5.74, 6) is 1.97. The summed E-state index contributed by atoms with van der Waals surface area (Å²) in [6.07, 6.45) is 4.51. The van der Waals surface area contributed by atoms with E-state index in [1.54, 1.807) is 11.8 Å². The van der Waals surface area contributed by atoms with Crippen molar-refractivity contribution in [3.8, 4) is 0 Å². The van der Waals surface area contributed by atoms with E-state index in [2.05, 4.69) is 11.9 Å². The van der Waals surface area contributed by atoms with Crippen molar-refractivity contribution in [1.29, 1.82) is 0 Å². The molecule has 3 nitrogen and oxygen atoms in total. The van der Waals surface area contributed by atoms with Crippen LogP contribution in [0.1, 0.15) is 19.8 Å². The Kier molecular flexibility index (Phi) is 2.91. The first-order chi connectivity index (χ1) is 6.79. The Hall–Kier alpha value is -0.770. The van der Waals surface area contributed by atoms with Gasteiger partial charge in [0, 0.05) is 24.6 Å². The number of nitrogens with zero attached hydrogens (tertiary/aromatic N) is 2. The maximum absolute atomic E-state index is 11.1. The van der Waals surface area contributed by atoms with Crippen molar-refractivity contribution in [2.24, 2.45) is 5.92 Å². The predicted molar refractivity (Wildman–Crippen MR) is 57.6 cm³/mol. The topological polar surface area (TPSA) is 34.9 Å². The number of hydrogen-bond donors (Lipinski definition) is 0. The highest BCUT2D eigenvalue weighted by Crippen LogP contribution is 2.34. The summed E-state index contributed by atoms with van der Waals surface area (Å²) in [5, 5.41) is 0.868. The Bertz CT molecular complexity index is 371. The molecule has 4 heteroatoms. The Morgan fingerprint density at radius 2 is 2.43 bits per heavy atom. The fraction of sp³-hybridized carbons (Fsp3) is 0.600. The van der Waals surface area contributed by atoms with Crippen LogP contribution in [0.25, 0.3) is 0 Å². The lowest BCUT2D eigenvalue weighted by Crippen LogP contribution is -2.12. The van der Waals surface area contributed by atoms with Gasteiger partial charge in [0.2, 0.25) is 0 Å². The Morgan fingerprint density at radius 3 is 3.07 bits per heavy atom. The highest BCUT2D eigenvalue weighted by Gasteiger charge is 2.21. The maximum atomic E-state index is 11.1. The van der Waals surface area contributed by atoms with Crippen molar-refractivity contribution < 1.29 is 0 Å². The van der Waals surface area contributed by atoms with E-state index in [1.807, 2.05) is 10.8 Å². The van der Waals surface area contributed by atoms with E-state index in [4.69, 9.17) is 0 Å². The zero-order valence-electron chi connectivity index (χ0n) is 8.27. The molecule has 0 aliphatic heterocycles. The van der Waals surface area contributed by atoms with Crippen molar-refractivity contribution in [2.45, 2.75) is 31.5 Å². The van der Waals surface area contributed by atoms with Crippen LogP contribution in [-0.2, 0) is 6.54 Å². The number of rotatable bonds is 4. The third-order valence-corrected chi connectivity index (χ3v) is 3.56. The van der Waals surface area contributed by atoms with Crippen LogP contribution in [0.2, 0.25) is 0 Å². The lowest BCUT2D eigenvalue weighted by atomic mass is 10.5. The fourth-order valence-corrected chi connectivity index (χ4v) is 2.47. The lowest BCUT2D eigenvalue weighted by Gasteiger charge is -2.07. The molecule has 1 aliphatic rings. The summed E-state index contributed by atoms with van der Waals surface area (Å²) >= 11 is 1.71. The van der Waals surface area contributed by atoms with E-state index in [0.29, 0.717) is 0 Å². The monoisotopic (exact) mass is 210 g/mol. The van der Waals surface area contributed by atoms with E-state index < -0.39 is 0 Å². The summed E-state index contributed by atoms with van der Waals surface area (Å²) in [6, 6.07) is 1.52. The van der Waals surface area contributed by atoms with Gasteiger partial charge < -0.3 is 4.57 Å². The molecule has 0 amide bonds. The van der Waals surface area contributed by atoms with Gasteiger partial charge in [-0.25, -0.2) is 0 Å². The van der Waals surface area contributed by atoms with Crippen molar-refractivity contribution in [1.82, 2.24) is 9.55 Å². The lowest BCUT2D eigenvalue weighted by molar-refractivity contribution is 0.639. The quantitative estimate of drug-likeness (QED) is 0.561. The molecular formula is C10H14N2OS. The Balaban J connectivity index is 2.11. The molecule has 2 rings (SSSR count). The minimum Gasteiger partial charge on any atom is -0.328 e. The molecule has 1 fully saturated rings. The highest BCUT2D eigenvalue weighted by atomic mass is 32.2. The van der Waals surface area contributed by atoms with E-state index in [0.717, 1.165) is 23.4 Å². The van der Waals surface area contributed by atoms with Gasteiger partial charge in [0.25, 0.3) is 5.56 Å². The van der Waals surface area contributed by atoms with Gasteiger partial charge in [0.1, 0.15) is 0 Å². The molecule has 0 saturated heterocycles. The van der Waals surface area contributed by atoms with Crippen molar-refractivity contribution in [2.75, 3.05) is 5.75 Å². The highest BCUT2D eigenvalue weighted by molar-refractivity contribution is 7.99.